The van der Waals surface area contributed by atoms with Crippen LogP contribution in [0.1, 0.15) is 11.1 Å². The Balaban J connectivity index is 2.31. The predicted octanol–water partition coefficient (Wildman–Crippen LogP) is 4.74. The van der Waals surface area contributed by atoms with E-state index in [0.717, 1.165) is 4.90 Å². The third kappa shape index (κ3) is 2.63. The highest BCUT2D eigenvalue weighted by Crippen LogP contribution is 2.34. The Morgan fingerprint density at radius 2 is 1.69 bits per heavy atom. The second-order valence-corrected chi connectivity index (χ2v) is 5.40. The van der Waals surface area contributed by atoms with E-state index in [1.54, 1.807) is 11.8 Å². The Kier molecular flexibility index (Phi) is 3.62. The summed E-state index contributed by atoms with van der Waals surface area (Å²) in [5.41, 5.74) is 2.63. The summed E-state index contributed by atoms with van der Waals surface area (Å²) in [5.74, 6) is 0. The van der Waals surface area contributed by atoms with Gasteiger partial charge in [-0.3, -0.25) is 0 Å². The van der Waals surface area contributed by atoms with Gasteiger partial charge in [0.25, 0.3) is 0 Å². The van der Waals surface area contributed by atoms with Crippen LogP contribution in [0.4, 0.5) is 0 Å². The molecule has 16 heavy (non-hydrogen) atoms. The van der Waals surface area contributed by atoms with Crippen molar-refractivity contribution in [3.8, 4) is 0 Å². The van der Waals surface area contributed by atoms with Crippen molar-refractivity contribution in [3.63, 3.8) is 0 Å². The first-order valence-electron chi connectivity index (χ1n) is 5.20. The second-order valence-electron chi connectivity index (χ2n) is 3.84. The van der Waals surface area contributed by atoms with Crippen LogP contribution in [0.25, 0.3) is 0 Å². The van der Waals surface area contributed by atoms with E-state index in [1.165, 1.54) is 20.9 Å². The first kappa shape index (κ1) is 11.6. The Hall–Kier alpha value is -0.860. The van der Waals surface area contributed by atoms with Crippen molar-refractivity contribution in [1.82, 2.24) is 0 Å². The van der Waals surface area contributed by atoms with Crippen LogP contribution in [0.2, 0.25) is 0 Å². The van der Waals surface area contributed by atoms with E-state index in [9.17, 15) is 0 Å². The summed E-state index contributed by atoms with van der Waals surface area (Å²) in [6.07, 6.45) is 0. The van der Waals surface area contributed by atoms with Gasteiger partial charge in [-0.15, -0.1) is 12.6 Å². The Morgan fingerprint density at radius 3 is 2.38 bits per heavy atom. The largest absolute Gasteiger partial charge is 0.142 e. The zero-order valence-corrected chi connectivity index (χ0v) is 11.1. The maximum atomic E-state index is 4.46. The van der Waals surface area contributed by atoms with E-state index in [2.05, 4.69) is 50.7 Å². The van der Waals surface area contributed by atoms with Crippen molar-refractivity contribution in [2.45, 2.75) is 28.5 Å². The van der Waals surface area contributed by atoms with Crippen LogP contribution >= 0.6 is 24.4 Å². The smallest absolute Gasteiger partial charge is 0.0255 e. The van der Waals surface area contributed by atoms with E-state index < -0.39 is 0 Å². The minimum Gasteiger partial charge on any atom is -0.142 e. The van der Waals surface area contributed by atoms with Crippen LogP contribution in [-0.4, -0.2) is 0 Å². The molecule has 2 aromatic rings. The number of rotatable bonds is 2. The van der Waals surface area contributed by atoms with Gasteiger partial charge in [0.05, 0.1) is 0 Å². The van der Waals surface area contributed by atoms with Gasteiger partial charge in [-0.2, -0.15) is 0 Å². The fourth-order valence-corrected chi connectivity index (χ4v) is 2.79. The summed E-state index contributed by atoms with van der Waals surface area (Å²) in [6, 6.07) is 14.7. The van der Waals surface area contributed by atoms with Crippen LogP contribution in [-0.2, 0) is 0 Å². The van der Waals surface area contributed by atoms with E-state index in [0.29, 0.717) is 0 Å². The van der Waals surface area contributed by atoms with Gasteiger partial charge < -0.3 is 0 Å². The zero-order valence-electron chi connectivity index (χ0n) is 9.40. The van der Waals surface area contributed by atoms with Crippen molar-refractivity contribution in [1.29, 1.82) is 0 Å². The third-order valence-electron chi connectivity index (χ3n) is 2.42. The van der Waals surface area contributed by atoms with Gasteiger partial charge >= 0.3 is 0 Å². The van der Waals surface area contributed by atoms with Crippen molar-refractivity contribution in [3.05, 3.63) is 53.6 Å². The molecule has 0 amide bonds. The topological polar surface area (TPSA) is 0 Å². The molecule has 0 aliphatic rings. The van der Waals surface area contributed by atoms with Gasteiger partial charge in [-0.1, -0.05) is 41.6 Å². The second kappa shape index (κ2) is 4.98. The molecule has 0 fully saturated rings. The summed E-state index contributed by atoms with van der Waals surface area (Å²) >= 11 is 6.23. The van der Waals surface area contributed by atoms with Gasteiger partial charge in [0.1, 0.15) is 0 Å². The molecular formula is C14H14S2. The first-order valence-corrected chi connectivity index (χ1v) is 6.46. The van der Waals surface area contributed by atoms with Crippen LogP contribution in [0, 0.1) is 13.8 Å². The lowest BCUT2D eigenvalue weighted by Crippen LogP contribution is -1.82. The highest BCUT2D eigenvalue weighted by molar-refractivity contribution is 7.99. The molecule has 0 saturated carbocycles. The molecule has 0 aliphatic heterocycles. The Bertz CT molecular complexity index is 504. The van der Waals surface area contributed by atoms with Crippen molar-refractivity contribution >= 4 is 24.4 Å². The summed E-state index contributed by atoms with van der Waals surface area (Å²) in [5, 5.41) is 0. The average molecular weight is 246 g/mol. The lowest BCUT2D eigenvalue weighted by atomic mass is 10.2. The van der Waals surface area contributed by atoms with Crippen molar-refractivity contribution in [2.75, 3.05) is 0 Å². The number of hydrogen-bond acceptors (Lipinski definition) is 2. The quantitative estimate of drug-likeness (QED) is 0.747. The van der Waals surface area contributed by atoms with Crippen LogP contribution in [0.5, 0.6) is 0 Å². The normalized spacial score (nSPS) is 10.4. The molecule has 0 nitrogen and oxygen atoms in total. The van der Waals surface area contributed by atoms with E-state index in [-0.39, 0.29) is 0 Å². The van der Waals surface area contributed by atoms with Crippen LogP contribution in [0.3, 0.4) is 0 Å². The molecule has 2 heteroatoms. The van der Waals surface area contributed by atoms with E-state index in [4.69, 9.17) is 0 Å². The number of thiol groups is 1. The fourth-order valence-electron chi connectivity index (χ4n) is 1.58. The lowest BCUT2D eigenvalue weighted by molar-refractivity contribution is 1.22. The molecule has 0 radical (unpaired) electrons. The molecule has 0 spiro atoms. The SMILES string of the molecule is Cc1ccc(Sc2ccccc2S)c(C)c1. The van der Waals surface area contributed by atoms with Gasteiger partial charge in [0, 0.05) is 14.7 Å². The van der Waals surface area contributed by atoms with Gasteiger partial charge in [0.15, 0.2) is 0 Å². The third-order valence-corrected chi connectivity index (χ3v) is 4.21. The number of aryl methyl sites for hydroxylation is 2. The van der Waals surface area contributed by atoms with Crippen LogP contribution in [0.15, 0.2) is 57.2 Å². The molecular weight excluding hydrogens is 232 g/mol. The molecule has 0 aliphatic carbocycles. The summed E-state index contributed by atoms with van der Waals surface area (Å²) in [4.78, 5) is 3.54. The molecule has 2 rings (SSSR count). The van der Waals surface area contributed by atoms with E-state index >= 15 is 0 Å². The van der Waals surface area contributed by atoms with Crippen LogP contribution < -0.4 is 0 Å². The molecule has 0 aromatic heterocycles. The molecule has 82 valence electrons. The minimum atomic E-state index is 1.03. The predicted molar refractivity (Wildman–Crippen MR) is 73.7 cm³/mol. The fraction of sp³-hybridized carbons (Fsp3) is 0.143. The molecule has 0 bridgehead atoms. The highest BCUT2D eigenvalue weighted by Gasteiger charge is 2.03. The standard InChI is InChI=1S/C14H14S2/c1-10-7-8-13(11(2)9-10)16-14-6-4-3-5-12(14)15/h3-9,15H,1-2H3. The molecule has 0 atom stereocenters. The van der Waals surface area contributed by atoms with Gasteiger partial charge in [-0.05, 0) is 37.6 Å². The van der Waals surface area contributed by atoms with Crippen molar-refractivity contribution in [2.24, 2.45) is 0 Å². The van der Waals surface area contributed by atoms with Gasteiger partial charge in [-0.25, -0.2) is 0 Å². The highest BCUT2D eigenvalue weighted by atomic mass is 32.2. The average Bonchev–Trinajstić information content (AvgIpc) is 2.25. The van der Waals surface area contributed by atoms with E-state index in [1.807, 2.05) is 18.2 Å². The Labute approximate surface area is 106 Å². The maximum absolute atomic E-state index is 4.46. The number of hydrogen-bond donors (Lipinski definition) is 1. The lowest BCUT2D eigenvalue weighted by Gasteiger charge is -2.08. The summed E-state index contributed by atoms with van der Waals surface area (Å²) < 4.78 is 0. The molecule has 0 N–H and O–H groups in total. The molecule has 0 saturated heterocycles. The molecule has 0 heterocycles. The minimum absolute atomic E-state index is 1.03. The maximum Gasteiger partial charge on any atom is 0.0255 e. The molecule has 0 unspecified atom stereocenters. The zero-order chi connectivity index (χ0) is 11.5. The van der Waals surface area contributed by atoms with Gasteiger partial charge in [0.2, 0.25) is 0 Å². The summed E-state index contributed by atoms with van der Waals surface area (Å²) in [7, 11) is 0. The van der Waals surface area contributed by atoms with Crippen molar-refractivity contribution < 1.29 is 0 Å². The summed E-state index contributed by atoms with van der Waals surface area (Å²) in [6.45, 7) is 4.27. The number of benzene rings is 2. The Morgan fingerprint density at radius 1 is 0.938 bits per heavy atom. The molecule has 2 aromatic carbocycles. The monoisotopic (exact) mass is 246 g/mol. The first-order chi connectivity index (χ1) is 7.66.